The molecule has 1 saturated heterocycles. The highest BCUT2D eigenvalue weighted by Gasteiger charge is 2.37. The standard InChI is InChI=1S/C15H17N3O2S/c19-13-10-12(21-15-17-8-9-18(13)15)14(20)16-7-6-11-4-2-1-3-5-11/h1-5,12H,6-10H2,(H,16,20)/t12-/m0/s1. The number of carbonyl (C=O) groups excluding carboxylic acids is 2. The highest BCUT2D eigenvalue weighted by Crippen LogP contribution is 2.28. The van der Waals surface area contributed by atoms with E-state index in [1.165, 1.54) is 17.3 Å². The van der Waals surface area contributed by atoms with Crippen LogP contribution in [0, 0.1) is 0 Å². The van der Waals surface area contributed by atoms with Crippen LogP contribution in [0.15, 0.2) is 35.3 Å². The van der Waals surface area contributed by atoms with Gasteiger partial charge in [0, 0.05) is 19.5 Å². The maximum Gasteiger partial charge on any atom is 0.234 e. The number of carbonyl (C=O) groups is 2. The van der Waals surface area contributed by atoms with Gasteiger partial charge in [-0.05, 0) is 12.0 Å². The number of hydrogen-bond acceptors (Lipinski definition) is 4. The van der Waals surface area contributed by atoms with Crippen molar-refractivity contribution in [1.82, 2.24) is 10.2 Å². The summed E-state index contributed by atoms with van der Waals surface area (Å²) in [6, 6.07) is 10.0. The molecule has 0 spiro atoms. The molecular formula is C15H17N3O2S. The number of aliphatic imine (C=N–C) groups is 1. The first-order valence-corrected chi connectivity index (χ1v) is 7.95. The number of thioether (sulfide) groups is 1. The first kappa shape index (κ1) is 14.1. The second-order valence-electron chi connectivity index (χ2n) is 5.05. The summed E-state index contributed by atoms with van der Waals surface area (Å²) in [6.07, 6.45) is 1.06. The van der Waals surface area contributed by atoms with Crippen molar-refractivity contribution >= 4 is 28.7 Å². The normalized spacial score (nSPS) is 21.0. The molecular weight excluding hydrogens is 286 g/mol. The molecule has 1 aromatic rings. The van der Waals surface area contributed by atoms with Crippen LogP contribution in [-0.4, -0.2) is 46.8 Å². The van der Waals surface area contributed by atoms with E-state index < -0.39 is 0 Å². The molecule has 0 aromatic heterocycles. The number of nitrogens with one attached hydrogen (secondary N) is 1. The molecule has 2 aliphatic rings. The van der Waals surface area contributed by atoms with Crippen molar-refractivity contribution in [3.63, 3.8) is 0 Å². The summed E-state index contributed by atoms with van der Waals surface area (Å²) in [4.78, 5) is 30.1. The van der Waals surface area contributed by atoms with Crippen LogP contribution < -0.4 is 5.32 Å². The lowest BCUT2D eigenvalue weighted by Crippen LogP contribution is -2.45. The zero-order valence-electron chi connectivity index (χ0n) is 11.6. The highest BCUT2D eigenvalue weighted by molar-refractivity contribution is 8.15. The van der Waals surface area contributed by atoms with Crippen LogP contribution in [0.25, 0.3) is 0 Å². The molecule has 2 amide bonds. The van der Waals surface area contributed by atoms with E-state index >= 15 is 0 Å². The van der Waals surface area contributed by atoms with Crippen molar-refractivity contribution in [2.45, 2.75) is 18.1 Å². The average Bonchev–Trinajstić information content (AvgIpc) is 2.97. The lowest BCUT2D eigenvalue weighted by Gasteiger charge is -2.27. The first-order chi connectivity index (χ1) is 10.2. The Morgan fingerprint density at radius 1 is 1.38 bits per heavy atom. The summed E-state index contributed by atoms with van der Waals surface area (Å²) in [5, 5.41) is 3.27. The van der Waals surface area contributed by atoms with Gasteiger partial charge in [0.1, 0.15) is 0 Å². The van der Waals surface area contributed by atoms with Crippen molar-refractivity contribution in [1.29, 1.82) is 0 Å². The fourth-order valence-electron chi connectivity index (χ4n) is 2.43. The summed E-state index contributed by atoms with van der Waals surface area (Å²) in [6.45, 7) is 1.89. The Balaban J connectivity index is 1.50. The largest absolute Gasteiger partial charge is 0.355 e. The van der Waals surface area contributed by atoms with E-state index in [1.807, 2.05) is 30.3 Å². The molecule has 5 nitrogen and oxygen atoms in total. The Hall–Kier alpha value is -1.82. The smallest absolute Gasteiger partial charge is 0.234 e. The van der Waals surface area contributed by atoms with Gasteiger partial charge in [-0.1, -0.05) is 42.1 Å². The van der Waals surface area contributed by atoms with Crippen molar-refractivity contribution in [2.24, 2.45) is 4.99 Å². The van der Waals surface area contributed by atoms with Crippen molar-refractivity contribution in [3.8, 4) is 0 Å². The Morgan fingerprint density at radius 3 is 3.00 bits per heavy atom. The molecule has 0 aliphatic carbocycles. The van der Waals surface area contributed by atoms with Gasteiger partial charge in [-0.15, -0.1) is 0 Å². The maximum atomic E-state index is 12.2. The zero-order valence-corrected chi connectivity index (χ0v) is 12.4. The molecule has 1 N–H and O–H groups in total. The van der Waals surface area contributed by atoms with Crippen molar-refractivity contribution in [3.05, 3.63) is 35.9 Å². The third-order valence-electron chi connectivity index (χ3n) is 3.56. The molecule has 6 heteroatoms. The topological polar surface area (TPSA) is 61.8 Å². The zero-order chi connectivity index (χ0) is 14.7. The Labute approximate surface area is 127 Å². The maximum absolute atomic E-state index is 12.2. The van der Waals surface area contributed by atoms with Crippen molar-refractivity contribution in [2.75, 3.05) is 19.6 Å². The van der Waals surface area contributed by atoms with Gasteiger partial charge in [-0.25, -0.2) is 0 Å². The molecule has 3 rings (SSSR count). The Kier molecular flexibility index (Phi) is 4.24. The van der Waals surface area contributed by atoms with E-state index in [-0.39, 0.29) is 23.5 Å². The van der Waals surface area contributed by atoms with E-state index in [2.05, 4.69) is 10.3 Å². The van der Waals surface area contributed by atoms with Gasteiger partial charge in [0.05, 0.1) is 11.8 Å². The summed E-state index contributed by atoms with van der Waals surface area (Å²) in [5.41, 5.74) is 1.19. The van der Waals surface area contributed by atoms with E-state index in [9.17, 15) is 9.59 Å². The molecule has 110 valence electrons. The van der Waals surface area contributed by atoms with Crippen LogP contribution in [0.3, 0.4) is 0 Å². The quantitative estimate of drug-likeness (QED) is 0.904. The third kappa shape index (κ3) is 3.26. The highest BCUT2D eigenvalue weighted by atomic mass is 32.2. The summed E-state index contributed by atoms with van der Waals surface area (Å²) in [5.74, 6) is -0.0632. The number of rotatable bonds is 4. The van der Waals surface area contributed by atoms with Gasteiger partial charge >= 0.3 is 0 Å². The van der Waals surface area contributed by atoms with Crippen LogP contribution in [0.5, 0.6) is 0 Å². The fourth-order valence-corrected chi connectivity index (χ4v) is 3.59. The molecule has 2 aliphatic heterocycles. The Morgan fingerprint density at radius 2 is 2.19 bits per heavy atom. The molecule has 1 fully saturated rings. The van der Waals surface area contributed by atoms with Crippen LogP contribution in [-0.2, 0) is 16.0 Å². The number of nitrogens with zero attached hydrogens (tertiary/aromatic N) is 2. The van der Waals surface area contributed by atoms with Crippen molar-refractivity contribution < 1.29 is 9.59 Å². The van der Waals surface area contributed by atoms with E-state index in [0.717, 1.165) is 6.42 Å². The number of fused-ring (bicyclic) bond motifs is 1. The van der Waals surface area contributed by atoms with Gasteiger partial charge in [0.2, 0.25) is 11.8 Å². The minimum absolute atomic E-state index is 0.00760. The second-order valence-corrected chi connectivity index (χ2v) is 6.22. The van der Waals surface area contributed by atoms with E-state index in [1.54, 1.807) is 4.90 Å². The van der Waals surface area contributed by atoms with Gasteiger partial charge in [-0.2, -0.15) is 0 Å². The fraction of sp³-hybridized carbons (Fsp3) is 0.400. The minimum Gasteiger partial charge on any atom is -0.355 e. The predicted molar refractivity (Wildman–Crippen MR) is 83.2 cm³/mol. The first-order valence-electron chi connectivity index (χ1n) is 7.07. The molecule has 2 heterocycles. The number of benzene rings is 1. The molecule has 0 saturated carbocycles. The average molecular weight is 303 g/mol. The summed E-state index contributed by atoms with van der Waals surface area (Å²) in [7, 11) is 0. The number of amidine groups is 1. The van der Waals surface area contributed by atoms with E-state index in [0.29, 0.717) is 24.8 Å². The van der Waals surface area contributed by atoms with Gasteiger partial charge < -0.3 is 5.32 Å². The molecule has 1 aromatic carbocycles. The molecule has 1 atom stereocenters. The molecule has 0 unspecified atom stereocenters. The molecule has 0 bridgehead atoms. The van der Waals surface area contributed by atoms with Gasteiger partial charge in [0.15, 0.2) is 5.17 Å². The summed E-state index contributed by atoms with van der Waals surface area (Å²) >= 11 is 1.40. The number of amides is 2. The van der Waals surface area contributed by atoms with Crippen LogP contribution in [0.4, 0.5) is 0 Å². The SMILES string of the molecule is O=C(NCCc1ccccc1)[C@@H]1CC(=O)N2CCN=C2S1. The minimum atomic E-state index is -0.346. The second kappa shape index (κ2) is 6.30. The monoisotopic (exact) mass is 303 g/mol. The molecule has 21 heavy (non-hydrogen) atoms. The predicted octanol–water partition coefficient (Wildman–Crippen LogP) is 1.05. The lowest BCUT2D eigenvalue weighted by atomic mass is 10.1. The Bertz CT molecular complexity index is 574. The van der Waals surface area contributed by atoms with Crippen LogP contribution in [0.2, 0.25) is 0 Å². The molecule has 0 radical (unpaired) electrons. The lowest BCUT2D eigenvalue weighted by molar-refractivity contribution is -0.130. The third-order valence-corrected chi connectivity index (χ3v) is 4.78. The van der Waals surface area contributed by atoms with Crippen LogP contribution >= 0.6 is 11.8 Å². The van der Waals surface area contributed by atoms with E-state index in [4.69, 9.17) is 0 Å². The van der Waals surface area contributed by atoms with Crippen LogP contribution in [0.1, 0.15) is 12.0 Å². The number of hydrogen-bond donors (Lipinski definition) is 1. The van der Waals surface area contributed by atoms with Gasteiger partial charge in [-0.3, -0.25) is 19.5 Å². The van der Waals surface area contributed by atoms with Gasteiger partial charge in [0.25, 0.3) is 0 Å². The summed E-state index contributed by atoms with van der Waals surface area (Å²) < 4.78 is 0.